The van der Waals surface area contributed by atoms with Crippen LogP contribution in [0.5, 0.6) is 11.5 Å². The quantitative estimate of drug-likeness (QED) is 0.706. The molecule has 0 heterocycles. The molecule has 20 heavy (non-hydrogen) atoms. The highest BCUT2D eigenvalue weighted by molar-refractivity contribution is 6.32. The maximum Gasteiger partial charge on any atom is 0.156 e. The summed E-state index contributed by atoms with van der Waals surface area (Å²) in [5.74, 6) is 1.55. The van der Waals surface area contributed by atoms with Crippen LogP contribution < -0.4 is 4.74 Å². The summed E-state index contributed by atoms with van der Waals surface area (Å²) in [5.41, 5.74) is 2.64. The van der Waals surface area contributed by atoms with E-state index in [4.69, 9.17) is 16.3 Å². The van der Waals surface area contributed by atoms with E-state index in [0.29, 0.717) is 22.3 Å². The molecule has 0 aromatic heterocycles. The molecule has 0 aliphatic heterocycles. The van der Waals surface area contributed by atoms with Crippen LogP contribution in [0.1, 0.15) is 41.3 Å². The van der Waals surface area contributed by atoms with E-state index in [-0.39, 0.29) is 0 Å². The Bertz CT molecular complexity index is 633. The minimum absolute atomic E-state index is 0.410. The summed E-state index contributed by atoms with van der Waals surface area (Å²) in [6.45, 7) is 6.22. The third-order valence-electron chi connectivity index (χ3n) is 3.22. The average Bonchev–Trinajstić information content (AvgIpc) is 2.42. The molecule has 0 unspecified atom stereocenters. The number of halogens is 1. The van der Waals surface area contributed by atoms with Crippen molar-refractivity contribution < 1.29 is 9.53 Å². The van der Waals surface area contributed by atoms with Crippen molar-refractivity contribution in [1.29, 1.82) is 0 Å². The number of ether oxygens (including phenoxy) is 1. The fraction of sp³-hybridized carbons (Fsp3) is 0.235. The molecule has 104 valence electrons. The Hall–Kier alpha value is -1.80. The van der Waals surface area contributed by atoms with Crippen molar-refractivity contribution in [3.8, 4) is 11.5 Å². The lowest BCUT2D eigenvalue weighted by molar-refractivity contribution is 0.112. The van der Waals surface area contributed by atoms with E-state index in [2.05, 4.69) is 19.9 Å². The summed E-state index contributed by atoms with van der Waals surface area (Å²) < 4.78 is 5.89. The number of hydrogen-bond acceptors (Lipinski definition) is 2. The van der Waals surface area contributed by atoms with E-state index >= 15 is 0 Å². The fourth-order valence-electron chi connectivity index (χ4n) is 1.92. The topological polar surface area (TPSA) is 26.3 Å². The minimum Gasteiger partial charge on any atom is -0.455 e. The van der Waals surface area contributed by atoms with Crippen LogP contribution in [-0.2, 0) is 0 Å². The molecule has 0 aliphatic carbocycles. The van der Waals surface area contributed by atoms with Gasteiger partial charge in [0.05, 0.1) is 10.6 Å². The molecule has 0 bridgehead atoms. The Morgan fingerprint density at radius 2 is 1.95 bits per heavy atom. The number of aryl methyl sites for hydroxylation is 1. The Kier molecular flexibility index (Phi) is 4.46. The van der Waals surface area contributed by atoms with Gasteiger partial charge in [-0.05, 0) is 42.2 Å². The molecule has 2 rings (SSSR count). The van der Waals surface area contributed by atoms with Crippen LogP contribution in [0.3, 0.4) is 0 Å². The van der Waals surface area contributed by atoms with Crippen molar-refractivity contribution in [2.75, 3.05) is 0 Å². The highest BCUT2D eigenvalue weighted by atomic mass is 35.5. The van der Waals surface area contributed by atoms with E-state index in [1.807, 2.05) is 19.1 Å². The lowest BCUT2D eigenvalue weighted by Gasteiger charge is -2.14. The third kappa shape index (κ3) is 3.02. The zero-order chi connectivity index (χ0) is 14.7. The zero-order valence-electron chi connectivity index (χ0n) is 11.8. The van der Waals surface area contributed by atoms with Gasteiger partial charge in [-0.15, -0.1) is 0 Å². The summed E-state index contributed by atoms with van der Waals surface area (Å²) >= 11 is 6.13. The first-order chi connectivity index (χ1) is 9.52. The number of hydrogen-bond donors (Lipinski definition) is 0. The van der Waals surface area contributed by atoms with Crippen molar-refractivity contribution in [2.45, 2.75) is 26.7 Å². The number of benzene rings is 2. The molecule has 0 N–H and O–H groups in total. The van der Waals surface area contributed by atoms with E-state index in [1.165, 1.54) is 5.56 Å². The average molecular weight is 289 g/mol. The number of para-hydroxylation sites is 1. The van der Waals surface area contributed by atoms with Crippen molar-refractivity contribution in [3.63, 3.8) is 0 Å². The number of carbonyl (C=O) groups excluding carboxylic acids is 1. The molecule has 0 radical (unpaired) electrons. The van der Waals surface area contributed by atoms with Gasteiger partial charge in [0.25, 0.3) is 0 Å². The summed E-state index contributed by atoms with van der Waals surface area (Å²) in [4.78, 5) is 11.1. The second-order valence-electron chi connectivity index (χ2n) is 5.06. The van der Waals surface area contributed by atoms with E-state index < -0.39 is 0 Å². The van der Waals surface area contributed by atoms with Gasteiger partial charge in [0, 0.05) is 0 Å². The van der Waals surface area contributed by atoms with Gasteiger partial charge in [0.15, 0.2) is 12.0 Å². The van der Waals surface area contributed by atoms with Gasteiger partial charge in [-0.2, -0.15) is 0 Å². The molecule has 0 saturated heterocycles. The maximum absolute atomic E-state index is 11.1. The highest BCUT2D eigenvalue weighted by Gasteiger charge is 2.11. The Labute approximate surface area is 124 Å². The standard InChI is InChI=1S/C17H17ClO2/c1-11(2)13-8-7-12(3)16(9-13)20-17-14(10-19)5-4-6-15(17)18/h4-11H,1-3H3. The normalized spacial score (nSPS) is 10.7. The molecular formula is C17H17ClO2. The van der Waals surface area contributed by atoms with E-state index in [9.17, 15) is 4.79 Å². The largest absolute Gasteiger partial charge is 0.455 e. The summed E-state index contributed by atoms with van der Waals surface area (Å²) in [5, 5.41) is 0.434. The van der Waals surface area contributed by atoms with Gasteiger partial charge in [-0.25, -0.2) is 0 Å². The molecule has 0 amide bonds. The van der Waals surface area contributed by atoms with Gasteiger partial charge in [-0.3, -0.25) is 4.79 Å². The van der Waals surface area contributed by atoms with Crippen molar-refractivity contribution in [2.24, 2.45) is 0 Å². The number of carbonyl (C=O) groups is 1. The molecule has 2 nitrogen and oxygen atoms in total. The molecule has 2 aromatic rings. The first kappa shape index (κ1) is 14.6. The fourth-order valence-corrected chi connectivity index (χ4v) is 2.14. The number of rotatable bonds is 4. The highest BCUT2D eigenvalue weighted by Crippen LogP contribution is 2.34. The predicted molar refractivity (Wildman–Crippen MR) is 82.2 cm³/mol. The molecule has 3 heteroatoms. The van der Waals surface area contributed by atoms with Gasteiger partial charge in [-0.1, -0.05) is 43.6 Å². The molecule has 0 spiro atoms. The lowest BCUT2D eigenvalue weighted by atomic mass is 10.0. The second kappa shape index (κ2) is 6.10. The molecule has 0 saturated carbocycles. The van der Waals surface area contributed by atoms with Crippen LogP contribution in [0, 0.1) is 6.92 Å². The van der Waals surface area contributed by atoms with Gasteiger partial charge < -0.3 is 4.74 Å². The molecule has 0 fully saturated rings. The van der Waals surface area contributed by atoms with Crippen LogP contribution in [0.4, 0.5) is 0 Å². The SMILES string of the molecule is Cc1ccc(C(C)C)cc1Oc1c(Cl)cccc1C=O. The van der Waals surface area contributed by atoms with Crippen LogP contribution in [-0.4, -0.2) is 6.29 Å². The smallest absolute Gasteiger partial charge is 0.156 e. The molecule has 2 aromatic carbocycles. The van der Waals surface area contributed by atoms with Crippen molar-refractivity contribution >= 4 is 17.9 Å². The van der Waals surface area contributed by atoms with Crippen molar-refractivity contribution in [1.82, 2.24) is 0 Å². The van der Waals surface area contributed by atoms with Crippen LogP contribution >= 0.6 is 11.6 Å². The molecule has 0 atom stereocenters. The van der Waals surface area contributed by atoms with Gasteiger partial charge >= 0.3 is 0 Å². The second-order valence-corrected chi connectivity index (χ2v) is 5.46. The number of aldehydes is 1. The predicted octanol–water partition coefficient (Wildman–Crippen LogP) is 5.38. The zero-order valence-corrected chi connectivity index (χ0v) is 12.6. The minimum atomic E-state index is 0.410. The Morgan fingerprint density at radius 1 is 1.20 bits per heavy atom. The third-order valence-corrected chi connectivity index (χ3v) is 3.51. The van der Waals surface area contributed by atoms with E-state index in [0.717, 1.165) is 17.6 Å². The Morgan fingerprint density at radius 3 is 2.60 bits per heavy atom. The first-order valence-electron chi connectivity index (χ1n) is 6.55. The molecule has 0 aliphatic rings. The van der Waals surface area contributed by atoms with Crippen LogP contribution in [0.2, 0.25) is 5.02 Å². The monoisotopic (exact) mass is 288 g/mol. The van der Waals surface area contributed by atoms with Gasteiger partial charge in [0.1, 0.15) is 5.75 Å². The Balaban J connectivity index is 2.44. The molecular weight excluding hydrogens is 272 g/mol. The van der Waals surface area contributed by atoms with E-state index in [1.54, 1.807) is 18.2 Å². The summed E-state index contributed by atoms with van der Waals surface area (Å²) in [6.07, 6.45) is 0.753. The maximum atomic E-state index is 11.1. The van der Waals surface area contributed by atoms with Crippen molar-refractivity contribution in [3.05, 3.63) is 58.1 Å². The lowest BCUT2D eigenvalue weighted by Crippen LogP contribution is -1.95. The van der Waals surface area contributed by atoms with Crippen LogP contribution in [0.25, 0.3) is 0 Å². The van der Waals surface area contributed by atoms with Gasteiger partial charge in [0.2, 0.25) is 0 Å². The van der Waals surface area contributed by atoms with Crippen LogP contribution in [0.15, 0.2) is 36.4 Å². The summed E-state index contributed by atoms with van der Waals surface area (Å²) in [7, 11) is 0. The summed E-state index contributed by atoms with van der Waals surface area (Å²) in [6, 6.07) is 11.2. The first-order valence-corrected chi connectivity index (χ1v) is 6.92.